The summed E-state index contributed by atoms with van der Waals surface area (Å²) in [6.45, 7) is 5.34. The Balaban J connectivity index is 2.49. The molecule has 0 bridgehead atoms. The zero-order valence-corrected chi connectivity index (χ0v) is 17.6. The van der Waals surface area contributed by atoms with E-state index in [0.717, 1.165) is 0 Å². The second kappa shape index (κ2) is 10.9. The number of nitrogens with one attached hydrogen (secondary N) is 1. The maximum atomic E-state index is 13.7. The molecule has 0 saturated carbocycles. The van der Waals surface area contributed by atoms with Gasteiger partial charge in [0.15, 0.2) is 6.10 Å². The van der Waals surface area contributed by atoms with Crippen LogP contribution in [0.3, 0.4) is 0 Å². The first-order valence-electron chi connectivity index (χ1n) is 9.95. The molecule has 1 heterocycles. The lowest BCUT2D eigenvalue weighted by molar-refractivity contribution is -0.222. The van der Waals surface area contributed by atoms with E-state index in [9.17, 15) is 18.0 Å². The summed E-state index contributed by atoms with van der Waals surface area (Å²) >= 11 is 0. The summed E-state index contributed by atoms with van der Waals surface area (Å²) in [4.78, 5) is 19.2. The minimum atomic E-state index is -4.63. The Morgan fingerprint density at radius 1 is 1.16 bits per heavy atom. The number of benzene rings is 1. The number of hydrogen-bond acceptors (Lipinski definition) is 6. The van der Waals surface area contributed by atoms with Crippen molar-refractivity contribution >= 4 is 17.3 Å². The largest absolute Gasteiger partial charge is 0.481 e. The zero-order valence-electron chi connectivity index (χ0n) is 17.6. The van der Waals surface area contributed by atoms with Gasteiger partial charge in [0.05, 0.1) is 31.1 Å². The third kappa shape index (κ3) is 6.81. The Hall–Kier alpha value is -2.88. The maximum absolute atomic E-state index is 13.7. The number of rotatable bonds is 11. The molecule has 0 aliphatic rings. The van der Waals surface area contributed by atoms with Gasteiger partial charge < -0.3 is 19.9 Å². The molecule has 0 amide bonds. The Kier molecular flexibility index (Phi) is 8.61. The van der Waals surface area contributed by atoms with Crippen molar-refractivity contribution in [1.82, 2.24) is 9.97 Å². The topological polar surface area (TPSA) is 93.6 Å². The normalized spacial score (nSPS) is 13.5. The molecule has 1 aromatic heterocycles. The van der Waals surface area contributed by atoms with Gasteiger partial charge in [0.1, 0.15) is 0 Å². The van der Waals surface area contributed by atoms with Crippen LogP contribution in [-0.2, 0) is 9.53 Å². The molecule has 0 aliphatic carbocycles. The van der Waals surface area contributed by atoms with Crippen LogP contribution in [-0.4, -0.2) is 40.4 Å². The number of ether oxygens (including phenoxy) is 2. The van der Waals surface area contributed by atoms with Crippen molar-refractivity contribution in [3.05, 3.63) is 41.7 Å². The molecule has 0 aliphatic heterocycles. The molecule has 0 fully saturated rings. The van der Waals surface area contributed by atoms with Crippen LogP contribution in [0.1, 0.15) is 56.8 Å². The van der Waals surface area contributed by atoms with E-state index in [1.54, 1.807) is 6.92 Å². The van der Waals surface area contributed by atoms with Crippen LogP contribution in [0.5, 0.6) is 6.01 Å². The fraction of sp³-hybridized carbons (Fsp3) is 0.476. The molecule has 2 rings (SSSR count). The van der Waals surface area contributed by atoms with Crippen molar-refractivity contribution in [3.63, 3.8) is 0 Å². The summed E-state index contributed by atoms with van der Waals surface area (Å²) in [5, 5.41) is 12.1. The molecule has 1 aromatic carbocycles. The van der Waals surface area contributed by atoms with Crippen LogP contribution in [0.4, 0.5) is 24.5 Å². The van der Waals surface area contributed by atoms with Gasteiger partial charge >= 0.3 is 18.2 Å². The van der Waals surface area contributed by atoms with Gasteiger partial charge in [-0.1, -0.05) is 19.1 Å². The first-order chi connectivity index (χ1) is 14.7. The number of nitrogens with zero attached hydrogens (tertiary/aromatic N) is 2. The number of hydrogen-bond donors (Lipinski definition) is 2. The van der Waals surface area contributed by atoms with Gasteiger partial charge in [-0.3, -0.25) is 4.79 Å². The molecule has 10 heteroatoms. The van der Waals surface area contributed by atoms with Crippen molar-refractivity contribution in [1.29, 1.82) is 0 Å². The van der Waals surface area contributed by atoms with Gasteiger partial charge in [-0.25, -0.2) is 9.97 Å². The van der Waals surface area contributed by atoms with E-state index in [1.165, 1.54) is 37.5 Å². The highest BCUT2D eigenvalue weighted by Crippen LogP contribution is 2.41. The number of aliphatic carboxylic acids is 1. The highest BCUT2D eigenvalue weighted by Gasteiger charge is 2.43. The third-order valence-corrected chi connectivity index (χ3v) is 4.56. The molecule has 2 aromatic rings. The fourth-order valence-corrected chi connectivity index (χ4v) is 3.14. The van der Waals surface area contributed by atoms with Crippen LogP contribution >= 0.6 is 0 Å². The van der Waals surface area contributed by atoms with E-state index in [0.29, 0.717) is 24.3 Å². The molecular formula is C21H26F3N3O4. The average molecular weight is 441 g/mol. The third-order valence-electron chi connectivity index (χ3n) is 4.56. The molecule has 0 spiro atoms. The van der Waals surface area contributed by atoms with Crippen LogP contribution in [0.2, 0.25) is 0 Å². The Morgan fingerprint density at radius 3 is 2.35 bits per heavy atom. The second-order valence-corrected chi connectivity index (χ2v) is 6.74. The van der Waals surface area contributed by atoms with Crippen molar-refractivity contribution in [2.24, 2.45) is 0 Å². The van der Waals surface area contributed by atoms with E-state index in [2.05, 4.69) is 15.3 Å². The van der Waals surface area contributed by atoms with Gasteiger partial charge in [0, 0.05) is 17.9 Å². The van der Waals surface area contributed by atoms with E-state index >= 15 is 0 Å². The minimum Gasteiger partial charge on any atom is -0.481 e. The zero-order chi connectivity index (χ0) is 23.0. The smallest absolute Gasteiger partial charge is 0.418 e. The number of alkyl halides is 3. The molecule has 2 N–H and O–H groups in total. The van der Waals surface area contributed by atoms with Crippen LogP contribution < -0.4 is 10.1 Å². The van der Waals surface area contributed by atoms with Gasteiger partial charge in [-0.2, -0.15) is 13.2 Å². The lowest BCUT2D eigenvalue weighted by atomic mass is 9.91. The Bertz CT molecular complexity index is 860. The van der Waals surface area contributed by atoms with Gasteiger partial charge in [0.25, 0.3) is 0 Å². The molecule has 2 atom stereocenters. The SMILES string of the molecule is CCOc1ncc(Nc2cc(C(CC)CC(=O)O)ccc2[C@@H](OCC)C(F)(F)F)cn1. The summed E-state index contributed by atoms with van der Waals surface area (Å²) in [6.07, 6.45) is -3.59. The quantitative estimate of drug-likeness (QED) is 0.493. The molecule has 170 valence electrons. The summed E-state index contributed by atoms with van der Waals surface area (Å²) in [5.74, 6) is -1.33. The Labute approximate surface area is 178 Å². The van der Waals surface area contributed by atoms with Gasteiger partial charge in [-0.15, -0.1) is 0 Å². The lowest BCUT2D eigenvalue weighted by Crippen LogP contribution is -2.24. The van der Waals surface area contributed by atoms with E-state index in [1.807, 2.05) is 6.92 Å². The monoisotopic (exact) mass is 441 g/mol. The van der Waals surface area contributed by atoms with E-state index in [4.69, 9.17) is 14.6 Å². The van der Waals surface area contributed by atoms with E-state index in [-0.39, 0.29) is 36.2 Å². The van der Waals surface area contributed by atoms with Crippen LogP contribution in [0.25, 0.3) is 0 Å². The molecular weight excluding hydrogens is 415 g/mol. The molecule has 7 nitrogen and oxygen atoms in total. The van der Waals surface area contributed by atoms with Crippen molar-refractivity contribution < 1.29 is 32.5 Å². The fourth-order valence-electron chi connectivity index (χ4n) is 3.14. The van der Waals surface area contributed by atoms with E-state index < -0.39 is 18.2 Å². The number of aromatic nitrogens is 2. The van der Waals surface area contributed by atoms with Gasteiger partial charge in [0.2, 0.25) is 0 Å². The van der Waals surface area contributed by atoms with Crippen molar-refractivity contribution in [2.75, 3.05) is 18.5 Å². The summed E-state index contributed by atoms with van der Waals surface area (Å²) in [6, 6.07) is 4.52. The first-order valence-corrected chi connectivity index (χ1v) is 9.95. The molecule has 1 unspecified atom stereocenters. The minimum absolute atomic E-state index is 0.114. The maximum Gasteiger partial charge on any atom is 0.418 e. The molecule has 0 radical (unpaired) electrons. The van der Waals surface area contributed by atoms with Crippen LogP contribution in [0.15, 0.2) is 30.6 Å². The second-order valence-electron chi connectivity index (χ2n) is 6.74. The van der Waals surface area contributed by atoms with Gasteiger partial charge in [-0.05, 0) is 37.8 Å². The molecule has 0 saturated heterocycles. The van der Waals surface area contributed by atoms with Crippen LogP contribution in [0, 0.1) is 0 Å². The highest BCUT2D eigenvalue weighted by molar-refractivity contribution is 5.69. The van der Waals surface area contributed by atoms with Crippen molar-refractivity contribution in [3.8, 4) is 6.01 Å². The standard InChI is InChI=1S/C21H26F3N3O4/c1-4-13(10-18(28)29)14-7-8-16(19(30-5-2)21(22,23)24)17(9-14)27-15-11-25-20(26-12-15)31-6-3/h7-9,11-13,19,27H,4-6,10H2,1-3H3,(H,28,29)/t13?,19-/m1/s1. The predicted octanol–water partition coefficient (Wildman–Crippen LogP) is 5.23. The van der Waals surface area contributed by atoms with Crippen molar-refractivity contribution in [2.45, 2.75) is 51.8 Å². The molecule has 31 heavy (non-hydrogen) atoms. The summed E-state index contributed by atoms with van der Waals surface area (Å²) in [5.41, 5.74) is 0.994. The Morgan fingerprint density at radius 2 is 1.84 bits per heavy atom. The number of anilines is 2. The average Bonchev–Trinajstić information content (AvgIpc) is 2.71. The predicted molar refractivity (Wildman–Crippen MR) is 109 cm³/mol. The number of carbonyl (C=O) groups is 1. The number of halogens is 3. The summed E-state index contributed by atoms with van der Waals surface area (Å²) < 4.78 is 51.2. The number of carboxylic acids is 1. The summed E-state index contributed by atoms with van der Waals surface area (Å²) in [7, 11) is 0. The lowest BCUT2D eigenvalue weighted by Gasteiger charge is -2.25. The first kappa shape index (κ1) is 24.4. The highest BCUT2D eigenvalue weighted by atomic mass is 19.4. The number of carboxylic acid groups (broad SMARTS) is 1.